The molecule has 1 aromatic heterocycles. The van der Waals surface area contributed by atoms with Crippen molar-refractivity contribution in [3.63, 3.8) is 0 Å². The van der Waals surface area contributed by atoms with Gasteiger partial charge in [-0.15, -0.1) is 0 Å². The Morgan fingerprint density at radius 2 is 1.83 bits per heavy atom. The zero-order valence-electron chi connectivity index (χ0n) is 19.0. The van der Waals surface area contributed by atoms with E-state index in [4.69, 9.17) is 0 Å². The molecular weight excluding hydrogens is 454 g/mol. The van der Waals surface area contributed by atoms with Gasteiger partial charge in [-0.05, 0) is 30.4 Å². The fourth-order valence-electron chi connectivity index (χ4n) is 5.39. The number of carbonyl (C=O) groups is 3. The van der Waals surface area contributed by atoms with Gasteiger partial charge in [0.15, 0.2) is 0 Å². The first-order valence-corrected chi connectivity index (χ1v) is 11.6. The molecule has 1 aromatic carbocycles. The highest BCUT2D eigenvalue weighted by Crippen LogP contribution is 2.36. The first kappa shape index (κ1) is 22.8. The molecule has 0 saturated carbocycles. The Bertz CT molecular complexity index is 1260. The lowest BCUT2D eigenvalue weighted by atomic mass is 9.83. The molecular formula is C24H25N5O6. The maximum atomic E-state index is 13.0. The zero-order chi connectivity index (χ0) is 24.7. The van der Waals surface area contributed by atoms with Crippen LogP contribution in [0.3, 0.4) is 0 Å². The summed E-state index contributed by atoms with van der Waals surface area (Å²) in [6.07, 6.45) is 1.14. The number of pyridine rings is 1. The van der Waals surface area contributed by atoms with Crippen LogP contribution < -0.4 is 10.9 Å². The average Bonchev–Trinajstić information content (AvgIpc) is 3.11. The van der Waals surface area contributed by atoms with Crippen molar-refractivity contribution in [2.75, 3.05) is 13.1 Å². The van der Waals surface area contributed by atoms with Gasteiger partial charge < -0.3 is 14.8 Å². The van der Waals surface area contributed by atoms with E-state index >= 15 is 0 Å². The fourth-order valence-corrected chi connectivity index (χ4v) is 5.39. The molecule has 3 atom stereocenters. The van der Waals surface area contributed by atoms with E-state index in [0.717, 1.165) is 12.0 Å². The molecule has 3 aliphatic rings. The number of carbonyl (C=O) groups excluding carboxylic acids is 3. The fraction of sp³-hybridized carbons (Fsp3) is 0.417. The lowest BCUT2D eigenvalue weighted by Crippen LogP contribution is -2.49. The van der Waals surface area contributed by atoms with Gasteiger partial charge >= 0.3 is 17.3 Å². The van der Waals surface area contributed by atoms with Gasteiger partial charge in [0.2, 0.25) is 5.91 Å². The van der Waals surface area contributed by atoms with Gasteiger partial charge in [0.1, 0.15) is 6.04 Å². The lowest BCUT2D eigenvalue weighted by molar-refractivity contribution is -0.386. The van der Waals surface area contributed by atoms with Crippen LogP contribution in [-0.4, -0.2) is 56.3 Å². The second-order valence-electron chi connectivity index (χ2n) is 9.36. The maximum absolute atomic E-state index is 13.0. The van der Waals surface area contributed by atoms with E-state index in [9.17, 15) is 29.3 Å². The number of imide groups is 1. The molecule has 182 valence electrons. The summed E-state index contributed by atoms with van der Waals surface area (Å²) in [4.78, 5) is 64.0. The number of nitro groups is 1. The molecule has 11 nitrogen and oxygen atoms in total. The summed E-state index contributed by atoms with van der Waals surface area (Å²) in [6, 6.07) is 10.9. The summed E-state index contributed by atoms with van der Waals surface area (Å²) >= 11 is 0. The smallest absolute Gasteiger partial charge is 0.334 e. The maximum Gasteiger partial charge on any atom is 0.334 e. The molecule has 4 amide bonds. The van der Waals surface area contributed by atoms with Crippen molar-refractivity contribution >= 4 is 23.5 Å². The molecule has 1 N–H and O–H groups in total. The molecule has 0 radical (unpaired) electrons. The SMILES string of the molecule is O=C(CCC1NC(=O)N(Cc2ccccc2)C1=O)N1C[C@H]2C[C@@H](C1)c1ccc([N+](=O)[O-])c(=O)n1C2. The van der Waals surface area contributed by atoms with Crippen LogP contribution in [0.1, 0.15) is 36.4 Å². The highest BCUT2D eigenvalue weighted by molar-refractivity contribution is 6.04. The first-order chi connectivity index (χ1) is 16.8. The monoisotopic (exact) mass is 479 g/mol. The van der Waals surface area contributed by atoms with Crippen molar-refractivity contribution < 1.29 is 19.3 Å². The summed E-state index contributed by atoms with van der Waals surface area (Å²) in [5.74, 6) is -0.494. The molecule has 4 heterocycles. The van der Waals surface area contributed by atoms with Crippen molar-refractivity contribution in [1.82, 2.24) is 19.7 Å². The Kier molecular flexibility index (Phi) is 5.83. The van der Waals surface area contributed by atoms with Crippen LogP contribution in [0.25, 0.3) is 0 Å². The minimum Gasteiger partial charge on any atom is -0.342 e. The van der Waals surface area contributed by atoms with Gasteiger partial charge in [0.05, 0.1) is 11.5 Å². The largest absolute Gasteiger partial charge is 0.342 e. The predicted octanol–water partition coefficient (Wildman–Crippen LogP) is 1.60. The topological polar surface area (TPSA) is 135 Å². The third-order valence-corrected chi connectivity index (χ3v) is 7.07. The summed E-state index contributed by atoms with van der Waals surface area (Å²) in [7, 11) is 0. The van der Waals surface area contributed by atoms with Crippen molar-refractivity contribution in [3.05, 3.63) is 74.2 Å². The normalized spacial score (nSPS) is 23.1. The predicted molar refractivity (Wildman–Crippen MR) is 123 cm³/mol. The zero-order valence-corrected chi connectivity index (χ0v) is 19.0. The molecule has 2 saturated heterocycles. The molecule has 0 aliphatic carbocycles. The van der Waals surface area contributed by atoms with Crippen molar-refractivity contribution in [2.24, 2.45) is 5.92 Å². The van der Waals surface area contributed by atoms with E-state index in [-0.39, 0.29) is 43.0 Å². The first-order valence-electron chi connectivity index (χ1n) is 11.6. The van der Waals surface area contributed by atoms with E-state index in [1.54, 1.807) is 11.0 Å². The number of hydrogen-bond donors (Lipinski definition) is 1. The number of likely N-dealkylation sites (tertiary alicyclic amines) is 1. The van der Waals surface area contributed by atoms with Gasteiger partial charge in [0, 0.05) is 43.7 Å². The van der Waals surface area contributed by atoms with Gasteiger partial charge in [0.25, 0.3) is 5.91 Å². The number of nitrogens with zero attached hydrogens (tertiary/aromatic N) is 4. The molecule has 2 fully saturated rings. The molecule has 5 rings (SSSR count). The number of nitrogens with one attached hydrogen (secondary N) is 1. The molecule has 35 heavy (non-hydrogen) atoms. The highest BCUT2D eigenvalue weighted by atomic mass is 16.6. The van der Waals surface area contributed by atoms with Gasteiger partial charge in [-0.25, -0.2) is 4.79 Å². The Balaban J connectivity index is 1.21. The summed E-state index contributed by atoms with van der Waals surface area (Å²) < 4.78 is 1.48. The van der Waals surface area contributed by atoms with Crippen LogP contribution >= 0.6 is 0 Å². The standard InChI is InChI=1S/C24H25N5O6/c30-21(9-6-18-22(31)28(24(33)25-18)12-15-4-2-1-3-5-15)26-11-16-10-17(14-26)19-7-8-20(29(34)35)23(32)27(19)13-16/h1-5,7-8,16-18H,6,9-14H2,(H,25,33)/t16-,17+,18?/m1/s1. The number of hydrogen-bond acceptors (Lipinski definition) is 6. The highest BCUT2D eigenvalue weighted by Gasteiger charge is 2.40. The minimum absolute atomic E-state index is 0.0269. The Morgan fingerprint density at radius 1 is 1.06 bits per heavy atom. The summed E-state index contributed by atoms with van der Waals surface area (Å²) in [5.41, 5.74) is 0.519. The van der Waals surface area contributed by atoms with E-state index < -0.39 is 28.2 Å². The lowest BCUT2D eigenvalue weighted by Gasteiger charge is -2.42. The number of benzene rings is 1. The Labute approximate surface area is 200 Å². The van der Waals surface area contributed by atoms with Crippen LogP contribution in [0.15, 0.2) is 47.3 Å². The summed E-state index contributed by atoms with van der Waals surface area (Å²) in [6.45, 7) is 1.39. The van der Waals surface area contributed by atoms with Crippen LogP contribution in [0.5, 0.6) is 0 Å². The second-order valence-corrected chi connectivity index (χ2v) is 9.36. The number of piperidine rings is 1. The number of rotatable bonds is 6. The minimum atomic E-state index is -0.737. The third kappa shape index (κ3) is 4.29. The summed E-state index contributed by atoms with van der Waals surface area (Å²) in [5, 5.41) is 13.8. The molecule has 11 heteroatoms. The molecule has 2 bridgehead atoms. The van der Waals surface area contributed by atoms with Crippen LogP contribution in [-0.2, 0) is 22.7 Å². The number of urea groups is 1. The molecule has 2 aromatic rings. The van der Waals surface area contributed by atoms with Crippen LogP contribution in [0, 0.1) is 16.0 Å². The van der Waals surface area contributed by atoms with E-state index in [1.165, 1.54) is 15.5 Å². The quantitative estimate of drug-likeness (QED) is 0.380. The number of fused-ring (bicyclic) bond motifs is 4. The van der Waals surface area contributed by atoms with Gasteiger partial charge in [-0.1, -0.05) is 30.3 Å². The van der Waals surface area contributed by atoms with Crippen LogP contribution in [0.2, 0.25) is 0 Å². The van der Waals surface area contributed by atoms with Crippen LogP contribution in [0.4, 0.5) is 10.5 Å². The molecule has 0 spiro atoms. The average molecular weight is 479 g/mol. The molecule has 3 aliphatic heterocycles. The third-order valence-electron chi connectivity index (χ3n) is 7.07. The number of amides is 4. The molecule has 1 unspecified atom stereocenters. The Hall–Kier alpha value is -4.02. The van der Waals surface area contributed by atoms with E-state index in [1.807, 2.05) is 30.3 Å². The van der Waals surface area contributed by atoms with Gasteiger partial charge in [-0.2, -0.15) is 0 Å². The van der Waals surface area contributed by atoms with Gasteiger partial charge in [-0.3, -0.25) is 29.4 Å². The van der Waals surface area contributed by atoms with Crippen molar-refractivity contribution in [1.29, 1.82) is 0 Å². The Morgan fingerprint density at radius 3 is 2.57 bits per heavy atom. The van der Waals surface area contributed by atoms with E-state index in [0.29, 0.717) is 25.3 Å². The second kappa shape index (κ2) is 8.97. The van der Waals surface area contributed by atoms with Crippen molar-refractivity contribution in [3.8, 4) is 0 Å². The van der Waals surface area contributed by atoms with E-state index in [2.05, 4.69) is 5.32 Å². The van der Waals surface area contributed by atoms with Crippen molar-refractivity contribution in [2.45, 2.75) is 44.3 Å². The number of aromatic nitrogens is 1.